The highest BCUT2D eigenvalue weighted by Gasteiger charge is 2.27. The first-order valence-electron chi connectivity index (χ1n) is 10.6. The van der Waals surface area contributed by atoms with Gasteiger partial charge in [0.2, 0.25) is 5.91 Å². The van der Waals surface area contributed by atoms with Crippen LogP contribution in [0, 0.1) is 0 Å². The van der Waals surface area contributed by atoms with Gasteiger partial charge in [-0.15, -0.1) is 0 Å². The summed E-state index contributed by atoms with van der Waals surface area (Å²) in [6, 6.07) is 18.3. The molecular formula is C24H28N4OS. The van der Waals surface area contributed by atoms with Crippen LogP contribution in [-0.4, -0.2) is 39.1 Å². The molecule has 1 aromatic heterocycles. The number of carbonyl (C=O) groups excluding carboxylic acids is 1. The quantitative estimate of drug-likeness (QED) is 0.413. The molecule has 0 bridgehead atoms. The number of rotatable bonds is 6. The van der Waals surface area contributed by atoms with Crippen molar-refractivity contribution in [2.45, 2.75) is 55.5 Å². The normalized spacial score (nSPS) is 15.7. The summed E-state index contributed by atoms with van der Waals surface area (Å²) in [7, 11) is 1.94. The smallest absolute Gasteiger partial charge is 0.235 e. The van der Waals surface area contributed by atoms with Crippen molar-refractivity contribution in [1.29, 1.82) is 0 Å². The van der Waals surface area contributed by atoms with Crippen LogP contribution in [0.5, 0.6) is 0 Å². The lowest BCUT2D eigenvalue weighted by molar-refractivity contribution is -0.131. The van der Waals surface area contributed by atoms with Gasteiger partial charge >= 0.3 is 0 Å². The molecule has 1 saturated carbocycles. The minimum atomic E-state index is -0.234. The zero-order valence-corrected chi connectivity index (χ0v) is 18.4. The molecule has 156 valence electrons. The Kier molecular flexibility index (Phi) is 6.53. The van der Waals surface area contributed by atoms with Gasteiger partial charge in [-0.2, -0.15) is 0 Å². The van der Waals surface area contributed by atoms with Crippen LogP contribution >= 0.6 is 11.8 Å². The molecule has 1 N–H and O–H groups in total. The molecule has 1 fully saturated rings. The van der Waals surface area contributed by atoms with E-state index < -0.39 is 0 Å². The van der Waals surface area contributed by atoms with Crippen LogP contribution in [0.2, 0.25) is 0 Å². The number of hydrogen-bond donors (Lipinski definition) is 1. The maximum atomic E-state index is 13.0. The maximum absolute atomic E-state index is 13.0. The molecule has 0 saturated heterocycles. The highest BCUT2D eigenvalue weighted by molar-refractivity contribution is 8.00. The van der Waals surface area contributed by atoms with Gasteiger partial charge in [0.1, 0.15) is 5.82 Å². The molecule has 4 rings (SSSR count). The third kappa shape index (κ3) is 4.75. The zero-order valence-electron chi connectivity index (χ0n) is 17.5. The Balaban J connectivity index is 1.55. The van der Waals surface area contributed by atoms with Crippen LogP contribution in [0.3, 0.4) is 0 Å². The molecule has 5 nitrogen and oxygen atoms in total. The number of aromatic nitrogens is 2. The van der Waals surface area contributed by atoms with Gasteiger partial charge in [-0.1, -0.05) is 61.4 Å². The van der Waals surface area contributed by atoms with E-state index in [0.717, 1.165) is 35.2 Å². The summed E-state index contributed by atoms with van der Waals surface area (Å²) in [5, 5.41) is 4.75. The molecule has 0 aliphatic heterocycles. The van der Waals surface area contributed by atoms with E-state index in [-0.39, 0.29) is 11.2 Å². The summed E-state index contributed by atoms with van der Waals surface area (Å²) in [6.45, 7) is 1.95. The van der Waals surface area contributed by atoms with Crippen LogP contribution in [-0.2, 0) is 4.79 Å². The van der Waals surface area contributed by atoms with E-state index in [4.69, 9.17) is 9.97 Å². The Hall–Kier alpha value is -2.60. The number of hydrogen-bond acceptors (Lipinski definition) is 5. The van der Waals surface area contributed by atoms with Crippen molar-refractivity contribution in [3.05, 3.63) is 54.6 Å². The van der Waals surface area contributed by atoms with Crippen molar-refractivity contribution in [1.82, 2.24) is 14.9 Å². The predicted octanol–water partition coefficient (Wildman–Crippen LogP) is 5.65. The second-order valence-corrected chi connectivity index (χ2v) is 9.17. The van der Waals surface area contributed by atoms with Crippen molar-refractivity contribution in [3.63, 3.8) is 0 Å². The third-order valence-electron chi connectivity index (χ3n) is 5.72. The number of anilines is 2. The number of nitrogens with zero attached hydrogens (tertiary/aromatic N) is 3. The number of nitrogens with one attached hydrogen (secondary N) is 1. The van der Waals surface area contributed by atoms with Crippen molar-refractivity contribution in [2.75, 3.05) is 12.4 Å². The summed E-state index contributed by atoms with van der Waals surface area (Å²) < 4.78 is 0. The largest absolute Gasteiger partial charge is 0.342 e. The van der Waals surface area contributed by atoms with E-state index in [1.165, 1.54) is 31.0 Å². The minimum Gasteiger partial charge on any atom is -0.342 e. The van der Waals surface area contributed by atoms with Gasteiger partial charge < -0.3 is 10.2 Å². The summed E-state index contributed by atoms with van der Waals surface area (Å²) >= 11 is 1.43. The third-order valence-corrected chi connectivity index (χ3v) is 6.67. The second-order valence-electron chi connectivity index (χ2n) is 7.86. The van der Waals surface area contributed by atoms with Gasteiger partial charge in [-0.05, 0) is 44.0 Å². The SMILES string of the molecule is C[C@@H](Sc1nc(Nc2ccccc2)c2ccccc2n1)C(=O)N(C)C1CCCCC1. The molecule has 1 aliphatic rings. The van der Waals surface area contributed by atoms with Gasteiger partial charge in [-0.3, -0.25) is 4.79 Å². The number of benzene rings is 2. The van der Waals surface area contributed by atoms with Gasteiger partial charge in [0.25, 0.3) is 0 Å². The average molecular weight is 421 g/mol. The van der Waals surface area contributed by atoms with Crippen molar-refractivity contribution in [3.8, 4) is 0 Å². The van der Waals surface area contributed by atoms with Gasteiger partial charge in [0, 0.05) is 24.2 Å². The fourth-order valence-corrected chi connectivity index (χ4v) is 4.88. The minimum absolute atomic E-state index is 0.154. The Morgan fingerprint density at radius 1 is 1.03 bits per heavy atom. The molecule has 30 heavy (non-hydrogen) atoms. The molecular weight excluding hydrogens is 392 g/mol. The lowest BCUT2D eigenvalue weighted by Crippen LogP contribution is -2.42. The van der Waals surface area contributed by atoms with E-state index in [1.807, 2.05) is 73.5 Å². The maximum Gasteiger partial charge on any atom is 0.235 e. The summed E-state index contributed by atoms with van der Waals surface area (Å²) in [5.41, 5.74) is 1.84. The van der Waals surface area contributed by atoms with Crippen LogP contribution in [0.1, 0.15) is 39.0 Å². The Bertz CT molecular complexity index is 1000. The first-order valence-corrected chi connectivity index (χ1v) is 11.5. The molecule has 1 amide bonds. The number of fused-ring (bicyclic) bond motifs is 1. The van der Waals surface area contributed by atoms with Gasteiger partial charge in [0.05, 0.1) is 10.8 Å². The molecule has 1 atom stereocenters. The highest BCUT2D eigenvalue weighted by Crippen LogP contribution is 2.30. The first kappa shape index (κ1) is 20.7. The van der Waals surface area contributed by atoms with E-state index >= 15 is 0 Å². The van der Waals surface area contributed by atoms with Gasteiger partial charge in [-0.25, -0.2) is 9.97 Å². The second kappa shape index (κ2) is 9.47. The molecule has 0 spiro atoms. The molecule has 0 radical (unpaired) electrons. The fraction of sp³-hybridized carbons (Fsp3) is 0.375. The van der Waals surface area contributed by atoms with E-state index in [2.05, 4.69) is 5.32 Å². The standard InChI is InChI=1S/C24H28N4OS/c1-17(23(29)28(2)19-13-7-4-8-14-19)30-24-26-21-16-10-9-15-20(21)22(27-24)25-18-11-5-3-6-12-18/h3,5-6,9-12,15-17,19H,4,7-8,13-14H2,1-2H3,(H,25,26,27)/t17-/m1/s1. The van der Waals surface area contributed by atoms with Crippen LogP contribution in [0.4, 0.5) is 11.5 Å². The number of para-hydroxylation sites is 2. The van der Waals surface area contributed by atoms with E-state index in [0.29, 0.717) is 11.2 Å². The molecule has 1 aliphatic carbocycles. The van der Waals surface area contributed by atoms with Crippen LogP contribution in [0.15, 0.2) is 59.8 Å². The Morgan fingerprint density at radius 3 is 2.50 bits per heavy atom. The summed E-state index contributed by atoms with van der Waals surface area (Å²) in [4.78, 5) is 24.4. The Labute approximate surface area is 182 Å². The zero-order chi connectivity index (χ0) is 20.9. The monoisotopic (exact) mass is 420 g/mol. The van der Waals surface area contributed by atoms with Gasteiger partial charge in [0.15, 0.2) is 5.16 Å². The topological polar surface area (TPSA) is 58.1 Å². The lowest BCUT2D eigenvalue weighted by atomic mass is 9.94. The highest BCUT2D eigenvalue weighted by atomic mass is 32.2. The van der Waals surface area contributed by atoms with E-state index in [9.17, 15) is 4.79 Å². The van der Waals surface area contributed by atoms with Crippen LogP contribution < -0.4 is 5.32 Å². The molecule has 2 aromatic carbocycles. The molecule has 0 unspecified atom stereocenters. The fourth-order valence-electron chi connectivity index (χ4n) is 4.01. The van der Waals surface area contributed by atoms with E-state index in [1.54, 1.807) is 0 Å². The number of amides is 1. The molecule has 1 heterocycles. The summed E-state index contributed by atoms with van der Waals surface area (Å²) in [5.74, 6) is 0.913. The number of carbonyl (C=O) groups is 1. The van der Waals surface area contributed by atoms with Crippen molar-refractivity contribution in [2.24, 2.45) is 0 Å². The lowest BCUT2D eigenvalue weighted by Gasteiger charge is -2.32. The molecule has 6 heteroatoms. The first-order chi connectivity index (χ1) is 14.6. The molecule has 3 aromatic rings. The van der Waals surface area contributed by atoms with Crippen molar-refractivity contribution < 1.29 is 4.79 Å². The van der Waals surface area contributed by atoms with Crippen LogP contribution in [0.25, 0.3) is 10.9 Å². The summed E-state index contributed by atoms with van der Waals surface area (Å²) in [6.07, 6.45) is 5.93. The predicted molar refractivity (Wildman–Crippen MR) is 124 cm³/mol. The van der Waals surface area contributed by atoms with Crippen molar-refractivity contribution >= 4 is 40.1 Å². The Morgan fingerprint density at radius 2 is 1.73 bits per heavy atom. The average Bonchev–Trinajstić information content (AvgIpc) is 2.79. The number of thioether (sulfide) groups is 1.